The normalized spacial score (nSPS) is 14.5. The van der Waals surface area contributed by atoms with Gasteiger partial charge in [0.15, 0.2) is 0 Å². The van der Waals surface area contributed by atoms with Gasteiger partial charge in [0, 0.05) is 19.5 Å². The van der Waals surface area contributed by atoms with Gasteiger partial charge in [-0.3, -0.25) is 19.1 Å². The van der Waals surface area contributed by atoms with Crippen LogP contribution in [0.4, 0.5) is 23.2 Å². The van der Waals surface area contributed by atoms with E-state index in [2.05, 4.69) is 89.9 Å². The van der Waals surface area contributed by atoms with Crippen molar-refractivity contribution in [2.75, 3.05) is 33.0 Å². The van der Waals surface area contributed by atoms with Gasteiger partial charge in [-0.1, -0.05) is 71.2 Å². The third-order valence-corrected chi connectivity index (χ3v) is 8.41. The first kappa shape index (κ1) is 50.5. The fourth-order valence-electron chi connectivity index (χ4n) is 5.97. The summed E-state index contributed by atoms with van der Waals surface area (Å²) >= 11 is 3.54. The standard InChI is InChI=1S/C33H36F4N4O.2C2H6.CH5NS.2CH2O2/c1-20-38-30-18-26(17-24(14-15-40(2)3)31(30)41(20)4)22-10-8-21(9-11-22)23-6-5-7-25(16-23)32(42)39-29-13-12-27(19-28(29)34)33(35,36)37;2*1-2;1-2-3;2*2-1-3/h8-13,17-19,23,25H,5-7,14-16H2,1-4H3,(H,39,42);2*1-2H3;2-3H,1H3;2*1H,(H,2,3). The van der Waals surface area contributed by atoms with Gasteiger partial charge >= 0.3 is 6.18 Å². The number of aromatic nitrogens is 2. The van der Waals surface area contributed by atoms with Crippen LogP contribution in [0.5, 0.6) is 0 Å². The summed E-state index contributed by atoms with van der Waals surface area (Å²) < 4.78 is 57.5. The van der Waals surface area contributed by atoms with Crippen molar-refractivity contribution in [1.29, 1.82) is 0 Å². The topological polar surface area (TPSA) is 137 Å². The van der Waals surface area contributed by atoms with Gasteiger partial charge in [-0.25, -0.2) is 9.37 Å². The molecule has 3 aromatic carbocycles. The molecule has 1 aromatic heterocycles. The molecule has 1 heterocycles. The number of anilines is 1. The number of likely N-dealkylation sites (N-methyl/N-ethyl adjacent to an activating group) is 1. The highest BCUT2D eigenvalue weighted by Crippen LogP contribution is 2.38. The Kier molecular flexibility index (Phi) is 24.2. The lowest BCUT2D eigenvalue weighted by Gasteiger charge is -2.29. The second-order valence-electron chi connectivity index (χ2n) is 12.1. The SMILES string of the molecule is CC.CC.CNS.Cc1nc2cc(-c3ccc(C4CCCC(C(=O)Nc5ccc(C(F)(F)F)cc5F)C4)cc3)cc(CCN(C)C)c2n1C.O=CO.O=CO. The van der Waals surface area contributed by atoms with Gasteiger partial charge in [-0.2, -0.15) is 13.2 Å². The van der Waals surface area contributed by atoms with Gasteiger partial charge in [0.05, 0.1) is 22.3 Å². The fourth-order valence-corrected chi connectivity index (χ4v) is 5.97. The molecule has 4 N–H and O–H groups in total. The van der Waals surface area contributed by atoms with Crippen LogP contribution in [0.3, 0.4) is 0 Å². The monoisotopic (exact) mass is 795 g/mol. The molecule has 2 unspecified atom stereocenters. The van der Waals surface area contributed by atoms with Crippen LogP contribution in [0.15, 0.2) is 54.6 Å². The lowest BCUT2D eigenvalue weighted by Crippen LogP contribution is -2.28. The van der Waals surface area contributed by atoms with Crippen molar-refractivity contribution in [3.05, 3.63) is 82.9 Å². The molecule has 1 aliphatic carbocycles. The van der Waals surface area contributed by atoms with Crippen molar-refractivity contribution in [1.82, 2.24) is 19.2 Å². The fraction of sp³-hybridized carbons (Fsp3) is 0.450. The minimum Gasteiger partial charge on any atom is -0.483 e. The molecule has 0 aliphatic heterocycles. The zero-order valence-corrected chi connectivity index (χ0v) is 34.1. The molecule has 2 atom stereocenters. The Labute approximate surface area is 327 Å². The van der Waals surface area contributed by atoms with E-state index in [0.29, 0.717) is 18.9 Å². The number of aryl methyl sites for hydroxylation is 2. The number of carbonyl (C=O) groups is 3. The number of amides is 1. The molecule has 4 aromatic rings. The van der Waals surface area contributed by atoms with E-state index in [4.69, 9.17) is 24.8 Å². The smallest absolute Gasteiger partial charge is 0.416 e. The van der Waals surface area contributed by atoms with E-state index >= 15 is 0 Å². The largest absolute Gasteiger partial charge is 0.483 e. The molecule has 15 heteroatoms. The number of halogens is 4. The number of benzene rings is 3. The van der Waals surface area contributed by atoms with Crippen LogP contribution in [0.1, 0.15) is 81.8 Å². The number of alkyl halides is 3. The Hall–Kier alpha value is -4.47. The number of rotatable bonds is 7. The van der Waals surface area contributed by atoms with Crippen LogP contribution in [0, 0.1) is 18.7 Å². The van der Waals surface area contributed by atoms with Crippen LogP contribution in [0.2, 0.25) is 0 Å². The molecule has 5 rings (SSSR count). The van der Waals surface area contributed by atoms with Gasteiger partial charge < -0.3 is 25.0 Å². The first-order valence-electron chi connectivity index (χ1n) is 18.0. The van der Waals surface area contributed by atoms with Crippen LogP contribution in [0.25, 0.3) is 22.2 Å². The maximum absolute atomic E-state index is 14.3. The number of carboxylic acid groups (broad SMARTS) is 2. The summed E-state index contributed by atoms with van der Waals surface area (Å²) in [5, 5.41) is 16.3. The van der Waals surface area contributed by atoms with Crippen LogP contribution >= 0.6 is 12.8 Å². The Balaban J connectivity index is 0.00000199. The predicted octanol–water partition coefficient (Wildman–Crippen LogP) is 9.23. The minimum atomic E-state index is -4.64. The molecule has 1 fully saturated rings. The number of fused-ring (bicyclic) bond motifs is 1. The van der Waals surface area contributed by atoms with E-state index in [0.717, 1.165) is 71.5 Å². The molecule has 1 amide bonds. The Bertz CT molecular complexity index is 1730. The molecular weight excluding hydrogens is 739 g/mol. The van der Waals surface area contributed by atoms with Crippen LogP contribution in [-0.4, -0.2) is 71.2 Å². The van der Waals surface area contributed by atoms with E-state index < -0.39 is 17.6 Å². The predicted molar refractivity (Wildman–Crippen MR) is 216 cm³/mol. The van der Waals surface area contributed by atoms with E-state index in [1.807, 2.05) is 34.6 Å². The second kappa shape index (κ2) is 26.4. The number of hydrogen-bond acceptors (Lipinski definition) is 7. The number of hydrogen-bond donors (Lipinski definition) is 5. The van der Waals surface area contributed by atoms with Gasteiger partial charge in [0.2, 0.25) is 5.91 Å². The molecule has 1 aliphatic rings. The van der Waals surface area contributed by atoms with Crippen molar-refractivity contribution >= 4 is 48.4 Å². The number of imidazole rings is 1. The number of nitrogens with one attached hydrogen (secondary N) is 2. The summed E-state index contributed by atoms with van der Waals surface area (Å²) in [6.45, 7) is 10.4. The van der Waals surface area contributed by atoms with Crippen molar-refractivity contribution in [2.24, 2.45) is 13.0 Å². The minimum absolute atomic E-state index is 0.164. The number of nitrogens with zero attached hydrogens (tertiary/aromatic N) is 3. The number of thiol groups is 1. The second-order valence-corrected chi connectivity index (χ2v) is 12.5. The molecule has 1 saturated carbocycles. The Morgan fingerprint density at radius 1 is 0.982 bits per heavy atom. The Morgan fingerprint density at radius 3 is 2.05 bits per heavy atom. The highest BCUT2D eigenvalue weighted by molar-refractivity contribution is 7.78. The maximum atomic E-state index is 14.3. The summed E-state index contributed by atoms with van der Waals surface area (Å²) in [6, 6.07) is 15.0. The lowest BCUT2D eigenvalue weighted by atomic mass is 9.77. The highest BCUT2D eigenvalue weighted by Gasteiger charge is 2.32. The molecule has 55 heavy (non-hydrogen) atoms. The van der Waals surface area contributed by atoms with Crippen LogP contribution in [-0.2, 0) is 34.0 Å². The molecule has 10 nitrogen and oxygen atoms in total. The summed E-state index contributed by atoms with van der Waals surface area (Å²) in [5.41, 5.74) is 5.43. The zero-order valence-electron chi connectivity index (χ0n) is 33.2. The first-order valence-corrected chi connectivity index (χ1v) is 18.4. The van der Waals surface area contributed by atoms with E-state index in [1.165, 1.54) is 5.56 Å². The molecule has 0 spiro atoms. The van der Waals surface area contributed by atoms with Crippen molar-refractivity contribution < 1.29 is 42.2 Å². The quantitative estimate of drug-likeness (QED) is 0.0710. The lowest BCUT2D eigenvalue weighted by molar-refractivity contribution is -0.137. The molecule has 306 valence electrons. The van der Waals surface area contributed by atoms with Crippen LogP contribution < -0.4 is 10.0 Å². The molecule has 0 radical (unpaired) electrons. The van der Waals surface area contributed by atoms with E-state index in [-0.39, 0.29) is 36.4 Å². The van der Waals surface area contributed by atoms with Crippen molar-refractivity contribution in [2.45, 2.75) is 78.8 Å². The first-order chi connectivity index (χ1) is 26.1. The van der Waals surface area contributed by atoms with Crippen molar-refractivity contribution in [3.8, 4) is 11.1 Å². The average Bonchev–Trinajstić information content (AvgIpc) is 3.46. The van der Waals surface area contributed by atoms with Gasteiger partial charge in [0.25, 0.3) is 12.9 Å². The molecular formula is C40H57F4N5O5S. The summed E-state index contributed by atoms with van der Waals surface area (Å²) in [6.07, 6.45) is -0.704. The average molecular weight is 796 g/mol. The molecule has 0 bridgehead atoms. The van der Waals surface area contributed by atoms with Crippen molar-refractivity contribution in [3.63, 3.8) is 0 Å². The summed E-state index contributed by atoms with van der Waals surface area (Å²) in [5.74, 6) is -0.665. The highest BCUT2D eigenvalue weighted by atomic mass is 32.1. The number of carbonyl (C=O) groups excluding carboxylic acids is 1. The van der Waals surface area contributed by atoms with E-state index in [9.17, 15) is 22.4 Å². The molecule has 0 saturated heterocycles. The van der Waals surface area contributed by atoms with Gasteiger partial charge in [-0.05, 0) is 112 Å². The third kappa shape index (κ3) is 16.0. The Morgan fingerprint density at radius 2 is 1.55 bits per heavy atom. The maximum Gasteiger partial charge on any atom is 0.416 e. The van der Waals surface area contributed by atoms with Gasteiger partial charge in [0.1, 0.15) is 11.6 Å². The summed E-state index contributed by atoms with van der Waals surface area (Å²) in [7, 11) is 7.93. The zero-order chi connectivity index (χ0) is 42.3. The summed E-state index contributed by atoms with van der Waals surface area (Å²) in [4.78, 5) is 36.7. The van der Waals surface area contributed by atoms with Gasteiger partial charge in [-0.15, -0.1) is 0 Å². The van der Waals surface area contributed by atoms with E-state index in [1.54, 1.807) is 7.05 Å². The third-order valence-electron chi connectivity index (χ3n) is 8.41.